The smallest absolute Gasteiger partial charge is 0.335 e. The van der Waals surface area contributed by atoms with Gasteiger partial charge in [0.1, 0.15) is 0 Å². The maximum atomic E-state index is 10.5. The molecule has 0 amide bonds. The van der Waals surface area contributed by atoms with Crippen molar-refractivity contribution in [3.05, 3.63) is 24.3 Å². The van der Waals surface area contributed by atoms with Crippen LogP contribution in [-0.4, -0.2) is 37.4 Å². The van der Waals surface area contributed by atoms with Gasteiger partial charge >= 0.3 is 11.9 Å². The van der Waals surface area contributed by atoms with Gasteiger partial charge in [0.25, 0.3) is 0 Å². The Morgan fingerprint density at radius 3 is 1.94 bits per heavy atom. The zero-order valence-electron chi connectivity index (χ0n) is 9.91. The van der Waals surface area contributed by atoms with Crippen LogP contribution in [0.1, 0.15) is 13.8 Å². The van der Waals surface area contributed by atoms with Gasteiger partial charge in [-0.25, -0.2) is 9.59 Å². The molecule has 0 unspecified atom stereocenters. The molecule has 0 aromatic rings. The van der Waals surface area contributed by atoms with Crippen molar-refractivity contribution < 1.29 is 24.2 Å². The summed E-state index contributed by atoms with van der Waals surface area (Å²) in [5.74, 6) is -0.875. The number of hydrogen-bond donors (Lipinski definition) is 1. The average Bonchev–Trinajstić information content (AvgIpc) is 2.27. The van der Waals surface area contributed by atoms with Gasteiger partial charge in [-0.1, -0.05) is 13.2 Å². The molecular weight excluding hydrogens is 212 g/mol. The highest BCUT2D eigenvalue weighted by molar-refractivity contribution is 5.87. The van der Waals surface area contributed by atoms with Crippen LogP contribution < -0.4 is 0 Å². The Hall–Kier alpha value is -1.62. The van der Waals surface area contributed by atoms with Gasteiger partial charge in [-0.15, -0.1) is 0 Å². The zero-order chi connectivity index (χ0) is 13.1. The largest absolute Gasteiger partial charge is 0.466 e. The van der Waals surface area contributed by atoms with E-state index in [0.717, 1.165) is 0 Å². The van der Waals surface area contributed by atoms with Crippen molar-refractivity contribution in [1.82, 2.24) is 0 Å². The molecule has 0 bridgehead atoms. The fourth-order valence-corrected chi connectivity index (χ4v) is 0.472. The van der Waals surface area contributed by atoms with Crippen LogP contribution in [0.15, 0.2) is 24.3 Å². The second kappa shape index (κ2) is 9.92. The lowest BCUT2D eigenvalue weighted by atomic mass is 10.3. The van der Waals surface area contributed by atoms with Gasteiger partial charge in [-0.3, -0.25) is 0 Å². The molecule has 0 saturated heterocycles. The molecule has 0 heterocycles. The summed E-state index contributed by atoms with van der Waals surface area (Å²) in [6.07, 6.45) is 0. The highest BCUT2D eigenvalue weighted by atomic mass is 16.5. The first-order chi connectivity index (χ1) is 7.40. The standard InChI is InChI=1S/C6H10O3.C5H8O2/c1-3-9-6(8)5(2)4-7;1-4(2)5(6)7-3/h7H,2-4H2,1H3;1H2,2-3H3. The summed E-state index contributed by atoms with van der Waals surface area (Å²) in [7, 11) is 1.33. The molecule has 1 N–H and O–H groups in total. The maximum absolute atomic E-state index is 10.5. The number of carbonyl (C=O) groups is 2. The number of hydrogen-bond acceptors (Lipinski definition) is 5. The minimum absolute atomic E-state index is 0.0943. The lowest BCUT2D eigenvalue weighted by Crippen LogP contribution is -2.08. The molecule has 0 saturated carbocycles. The second-order valence-corrected chi connectivity index (χ2v) is 2.75. The highest BCUT2D eigenvalue weighted by Crippen LogP contribution is 1.91. The van der Waals surface area contributed by atoms with E-state index in [-0.39, 0.29) is 18.1 Å². The third kappa shape index (κ3) is 8.96. The van der Waals surface area contributed by atoms with Crippen LogP contribution in [0.3, 0.4) is 0 Å². The minimum atomic E-state index is -0.528. The van der Waals surface area contributed by atoms with Crippen LogP contribution in [0.5, 0.6) is 0 Å². The average molecular weight is 230 g/mol. The first-order valence-corrected chi connectivity index (χ1v) is 4.60. The van der Waals surface area contributed by atoms with Crippen LogP contribution in [-0.2, 0) is 19.1 Å². The van der Waals surface area contributed by atoms with E-state index in [9.17, 15) is 9.59 Å². The van der Waals surface area contributed by atoms with E-state index in [2.05, 4.69) is 22.6 Å². The Balaban J connectivity index is 0. The molecule has 0 aliphatic carbocycles. The summed E-state index contributed by atoms with van der Waals surface area (Å²) in [5, 5.41) is 8.33. The van der Waals surface area contributed by atoms with Crippen LogP contribution >= 0.6 is 0 Å². The van der Waals surface area contributed by atoms with Crippen molar-refractivity contribution in [2.75, 3.05) is 20.3 Å². The van der Waals surface area contributed by atoms with Crippen molar-refractivity contribution in [2.24, 2.45) is 0 Å². The number of aliphatic hydroxyl groups is 1. The molecule has 5 heteroatoms. The summed E-state index contributed by atoms with van der Waals surface area (Å²) in [5.41, 5.74) is 0.527. The van der Waals surface area contributed by atoms with E-state index < -0.39 is 5.97 Å². The van der Waals surface area contributed by atoms with Gasteiger partial charge in [-0.2, -0.15) is 0 Å². The fourth-order valence-electron chi connectivity index (χ4n) is 0.472. The van der Waals surface area contributed by atoms with E-state index in [1.54, 1.807) is 13.8 Å². The summed E-state index contributed by atoms with van der Waals surface area (Å²) in [4.78, 5) is 20.7. The maximum Gasteiger partial charge on any atom is 0.335 e. The van der Waals surface area contributed by atoms with Crippen LogP contribution in [0.4, 0.5) is 0 Å². The van der Waals surface area contributed by atoms with Crippen molar-refractivity contribution in [1.29, 1.82) is 0 Å². The predicted octanol–water partition coefficient (Wildman–Crippen LogP) is 0.833. The monoisotopic (exact) mass is 230 g/mol. The molecule has 16 heavy (non-hydrogen) atoms. The molecule has 0 fully saturated rings. The molecule has 92 valence electrons. The molecule has 0 spiro atoms. The molecule has 0 aromatic heterocycles. The van der Waals surface area contributed by atoms with E-state index in [1.807, 2.05) is 0 Å². The molecular formula is C11H18O5. The van der Waals surface area contributed by atoms with Crippen molar-refractivity contribution in [3.8, 4) is 0 Å². The normalized spacial score (nSPS) is 8.25. The lowest BCUT2D eigenvalue weighted by molar-refractivity contribution is -0.139. The minimum Gasteiger partial charge on any atom is -0.466 e. The van der Waals surface area contributed by atoms with Crippen molar-refractivity contribution in [2.45, 2.75) is 13.8 Å². The summed E-state index contributed by atoms with van der Waals surface area (Å²) in [6, 6.07) is 0. The Morgan fingerprint density at radius 1 is 1.25 bits per heavy atom. The van der Waals surface area contributed by atoms with E-state index >= 15 is 0 Å². The number of rotatable bonds is 4. The number of esters is 2. The first-order valence-electron chi connectivity index (χ1n) is 4.60. The lowest BCUT2D eigenvalue weighted by Gasteiger charge is -1.99. The van der Waals surface area contributed by atoms with E-state index in [4.69, 9.17) is 5.11 Å². The summed E-state index contributed by atoms with van der Waals surface area (Å²) in [6.45, 7) is 9.90. The zero-order valence-corrected chi connectivity index (χ0v) is 9.91. The number of ether oxygens (including phenoxy) is 2. The van der Waals surface area contributed by atoms with Crippen molar-refractivity contribution >= 4 is 11.9 Å². The van der Waals surface area contributed by atoms with E-state index in [1.165, 1.54) is 7.11 Å². The van der Waals surface area contributed by atoms with Gasteiger partial charge in [0.15, 0.2) is 0 Å². The molecule has 0 radical (unpaired) electrons. The molecule has 0 aliphatic rings. The predicted molar refractivity (Wildman–Crippen MR) is 59.7 cm³/mol. The quantitative estimate of drug-likeness (QED) is 0.572. The van der Waals surface area contributed by atoms with Crippen LogP contribution in [0.2, 0.25) is 0 Å². The number of carbonyl (C=O) groups excluding carboxylic acids is 2. The van der Waals surface area contributed by atoms with Gasteiger partial charge < -0.3 is 14.6 Å². The topological polar surface area (TPSA) is 72.8 Å². The Bertz CT molecular complexity index is 268. The molecule has 5 nitrogen and oxygen atoms in total. The van der Waals surface area contributed by atoms with E-state index in [0.29, 0.717) is 12.2 Å². The summed E-state index contributed by atoms with van der Waals surface area (Å²) >= 11 is 0. The van der Waals surface area contributed by atoms with Gasteiger partial charge in [0, 0.05) is 5.57 Å². The SMILES string of the molecule is C=C(C)C(=O)OC.C=C(CO)C(=O)OCC. The number of aliphatic hydroxyl groups excluding tert-OH is 1. The number of methoxy groups -OCH3 is 1. The Kier molecular flexibility index (Phi) is 10.4. The van der Waals surface area contributed by atoms with Gasteiger partial charge in [0.2, 0.25) is 0 Å². The van der Waals surface area contributed by atoms with Crippen LogP contribution in [0, 0.1) is 0 Å². The second-order valence-electron chi connectivity index (χ2n) is 2.75. The van der Waals surface area contributed by atoms with Crippen molar-refractivity contribution in [3.63, 3.8) is 0 Å². The summed E-state index contributed by atoms with van der Waals surface area (Å²) < 4.78 is 8.77. The van der Waals surface area contributed by atoms with Gasteiger partial charge in [-0.05, 0) is 13.8 Å². The molecule has 0 aliphatic heterocycles. The Morgan fingerprint density at radius 2 is 1.75 bits per heavy atom. The van der Waals surface area contributed by atoms with Gasteiger partial charge in [0.05, 0.1) is 25.9 Å². The molecule has 0 atom stereocenters. The third-order valence-electron chi connectivity index (χ3n) is 1.29. The highest BCUT2D eigenvalue weighted by Gasteiger charge is 2.03. The van der Waals surface area contributed by atoms with Crippen LogP contribution in [0.25, 0.3) is 0 Å². The molecule has 0 rings (SSSR count). The molecule has 0 aromatic carbocycles. The first kappa shape index (κ1) is 16.8. The Labute approximate surface area is 95.4 Å². The third-order valence-corrected chi connectivity index (χ3v) is 1.29. The fraction of sp³-hybridized carbons (Fsp3) is 0.455.